The van der Waals surface area contributed by atoms with Gasteiger partial charge in [-0.15, -0.1) is 0 Å². The van der Waals surface area contributed by atoms with Crippen molar-refractivity contribution in [2.45, 2.75) is 13.5 Å². The minimum atomic E-state index is -0.124. The highest BCUT2D eigenvalue weighted by Crippen LogP contribution is 1.96. The van der Waals surface area contributed by atoms with Crippen molar-refractivity contribution in [3.05, 3.63) is 46.7 Å². The van der Waals surface area contributed by atoms with Crippen LogP contribution in [0.25, 0.3) is 0 Å². The van der Waals surface area contributed by atoms with Gasteiger partial charge in [-0.25, -0.2) is 14.8 Å². The molecule has 0 saturated heterocycles. The van der Waals surface area contributed by atoms with Crippen LogP contribution in [0.3, 0.4) is 0 Å². The third-order valence-corrected chi connectivity index (χ3v) is 1.89. The number of rotatable bonds is 2. The van der Waals surface area contributed by atoms with Gasteiger partial charge < -0.3 is 4.98 Å². The molecule has 2 heterocycles. The summed E-state index contributed by atoms with van der Waals surface area (Å²) >= 11 is 0. The molecule has 0 bridgehead atoms. The molecule has 0 saturated carbocycles. The lowest BCUT2D eigenvalue weighted by molar-refractivity contribution is 0.733. The minimum Gasteiger partial charge on any atom is -0.313 e. The molecule has 0 aromatic carbocycles. The number of aromatic amines is 1. The van der Waals surface area contributed by atoms with Crippen molar-refractivity contribution >= 4 is 0 Å². The predicted molar refractivity (Wildman–Crippen MR) is 50.9 cm³/mol. The van der Waals surface area contributed by atoms with E-state index in [2.05, 4.69) is 15.0 Å². The van der Waals surface area contributed by atoms with Crippen LogP contribution in [-0.2, 0) is 6.54 Å². The number of aromatic nitrogens is 4. The number of hydrogen-bond donors (Lipinski definition) is 1. The molecule has 2 rings (SSSR count). The van der Waals surface area contributed by atoms with Gasteiger partial charge in [-0.2, -0.15) is 0 Å². The monoisotopic (exact) mass is 190 g/mol. The van der Waals surface area contributed by atoms with Gasteiger partial charge in [0.25, 0.3) is 0 Å². The van der Waals surface area contributed by atoms with Crippen molar-refractivity contribution in [1.29, 1.82) is 0 Å². The van der Waals surface area contributed by atoms with E-state index in [9.17, 15) is 4.79 Å². The number of aryl methyl sites for hydroxylation is 1. The molecule has 0 atom stereocenters. The molecule has 0 spiro atoms. The van der Waals surface area contributed by atoms with Crippen LogP contribution in [0.2, 0.25) is 0 Å². The Hall–Kier alpha value is -1.91. The Bertz CT molecular complexity index is 485. The second-order valence-corrected chi connectivity index (χ2v) is 2.99. The average Bonchev–Trinajstić information content (AvgIpc) is 2.52. The van der Waals surface area contributed by atoms with Crippen molar-refractivity contribution in [1.82, 2.24) is 19.5 Å². The van der Waals surface area contributed by atoms with Gasteiger partial charge in [0.05, 0.1) is 12.2 Å². The highest BCUT2D eigenvalue weighted by Gasteiger charge is 1.99. The maximum absolute atomic E-state index is 11.2. The van der Waals surface area contributed by atoms with Gasteiger partial charge in [0.15, 0.2) is 0 Å². The fourth-order valence-corrected chi connectivity index (χ4v) is 1.24. The van der Waals surface area contributed by atoms with Crippen LogP contribution in [-0.4, -0.2) is 19.5 Å². The van der Waals surface area contributed by atoms with Gasteiger partial charge in [-0.3, -0.25) is 4.57 Å². The highest BCUT2D eigenvalue weighted by atomic mass is 16.1. The highest BCUT2D eigenvalue weighted by molar-refractivity contribution is 5.02. The van der Waals surface area contributed by atoms with E-state index < -0.39 is 0 Å². The second kappa shape index (κ2) is 3.45. The number of imidazole rings is 1. The smallest absolute Gasteiger partial charge is 0.313 e. The number of H-pyrrole nitrogens is 1. The number of nitrogens with one attached hydrogen (secondary N) is 1. The first-order valence-electron chi connectivity index (χ1n) is 4.28. The number of nitrogens with zero attached hydrogens (tertiary/aromatic N) is 3. The van der Waals surface area contributed by atoms with Crippen LogP contribution in [0.4, 0.5) is 0 Å². The molecular weight excluding hydrogens is 180 g/mol. The van der Waals surface area contributed by atoms with Crippen LogP contribution in [0.5, 0.6) is 0 Å². The minimum absolute atomic E-state index is 0.124. The van der Waals surface area contributed by atoms with Crippen molar-refractivity contribution in [3.8, 4) is 0 Å². The lowest BCUT2D eigenvalue weighted by Crippen LogP contribution is -2.17. The molecule has 0 fully saturated rings. The fraction of sp³-hybridized carbons (Fsp3) is 0.222. The Kier molecular flexibility index (Phi) is 2.14. The van der Waals surface area contributed by atoms with E-state index in [-0.39, 0.29) is 5.69 Å². The second-order valence-electron chi connectivity index (χ2n) is 2.99. The molecular formula is C9H10N4O. The van der Waals surface area contributed by atoms with Gasteiger partial charge in [0.2, 0.25) is 0 Å². The zero-order chi connectivity index (χ0) is 9.97. The maximum Gasteiger partial charge on any atom is 0.325 e. The molecule has 0 radical (unpaired) electrons. The Balaban J connectivity index is 2.27. The van der Waals surface area contributed by atoms with Crippen LogP contribution in [0.15, 0.2) is 29.5 Å². The third kappa shape index (κ3) is 1.71. The Labute approximate surface area is 80.5 Å². The summed E-state index contributed by atoms with van der Waals surface area (Å²) in [5.41, 5.74) is 0.709. The molecule has 2 aromatic rings. The lowest BCUT2D eigenvalue weighted by atomic mass is 10.4. The summed E-state index contributed by atoms with van der Waals surface area (Å²) in [4.78, 5) is 21.9. The zero-order valence-corrected chi connectivity index (χ0v) is 7.77. The average molecular weight is 190 g/mol. The largest absolute Gasteiger partial charge is 0.325 e. The van der Waals surface area contributed by atoms with Gasteiger partial charge in [-0.1, -0.05) is 0 Å². The van der Waals surface area contributed by atoms with E-state index >= 15 is 0 Å². The Morgan fingerprint density at radius 2 is 2.43 bits per heavy atom. The van der Waals surface area contributed by atoms with Crippen LogP contribution < -0.4 is 5.69 Å². The molecule has 1 N–H and O–H groups in total. The van der Waals surface area contributed by atoms with Gasteiger partial charge >= 0.3 is 5.69 Å². The zero-order valence-electron chi connectivity index (χ0n) is 7.77. The molecule has 0 amide bonds. The van der Waals surface area contributed by atoms with E-state index in [4.69, 9.17) is 0 Å². The van der Waals surface area contributed by atoms with E-state index in [0.717, 1.165) is 5.69 Å². The van der Waals surface area contributed by atoms with Gasteiger partial charge in [0, 0.05) is 18.6 Å². The van der Waals surface area contributed by atoms with Crippen molar-refractivity contribution in [3.63, 3.8) is 0 Å². The van der Waals surface area contributed by atoms with Crippen molar-refractivity contribution in [2.24, 2.45) is 0 Å². The predicted octanol–water partition coefficient (Wildman–Crippen LogP) is 0.323. The van der Waals surface area contributed by atoms with E-state index in [1.54, 1.807) is 29.2 Å². The first kappa shape index (κ1) is 8.68. The normalized spacial score (nSPS) is 10.4. The van der Waals surface area contributed by atoms with Crippen LogP contribution >= 0.6 is 0 Å². The summed E-state index contributed by atoms with van der Waals surface area (Å²) in [6, 6.07) is 1.80. The SMILES string of the molecule is Cc1nccc(Cn2cc[nH]c2=O)n1. The lowest BCUT2D eigenvalue weighted by Gasteiger charge is -2.00. The van der Waals surface area contributed by atoms with E-state index in [1.807, 2.05) is 6.92 Å². The molecule has 0 unspecified atom stereocenters. The Morgan fingerprint density at radius 1 is 1.57 bits per heavy atom. The maximum atomic E-state index is 11.2. The summed E-state index contributed by atoms with van der Waals surface area (Å²) in [5, 5.41) is 0. The molecule has 14 heavy (non-hydrogen) atoms. The topological polar surface area (TPSA) is 63.6 Å². The van der Waals surface area contributed by atoms with Crippen molar-refractivity contribution in [2.75, 3.05) is 0 Å². The summed E-state index contributed by atoms with van der Waals surface area (Å²) in [7, 11) is 0. The molecule has 0 aliphatic rings. The number of hydrogen-bond acceptors (Lipinski definition) is 3. The quantitative estimate of drug-likeness (QED) is 0.741. The molecule has 72 valence electrons. The van der Waals surface area contributed by atoms with Crippen LogP contribution in [0, 0.1) is 6.92 Å². The van der Waals surface area contributed by atoms with Crippen LogP contribution in [0.1, 0.15) is 11.5 Å². The summed E-state index contributed by atoms with van der Waals surface area (Å²) < 4.78 is 1.56. The molecule has 0 aliphatic heterocycles. The molecule has 5 nitrogen and oxygen atoms in total. The first-order valence-corrected chi connectivity index (χ1v) is 4.28. The summed E-state index contributed by atoms with van der Waals surface area (Å²) in [5.74, 6) is 0.714. The summed E-state index contributed by atoms with van der Waals surface area (Å²) in [6.45, 7) is 2.30. The first-order chi connectivity index (χ1) is 6.75. The van der Waals surface area contributed by atoms with E-state index in [0.29, 0.717) is 12.4 Å². The molecule has 5 heteroatoms. The fourth-order valence-electron chi connectivity index (χ4n) is 1.24. The standard InChI is InChI=1S/C9H10N4O/c1-7-10-3-2-8(12-7)6-13-5-4-11-9(13)14/h2-5H,6H2,1H3,(H,11,14). The van der Waals surface area contributed by atoms with Crippen molar-refractivity contribution < 1.29 is 0 Å². The third-order valence-electron chi connectivity index (χ3n) is 1.89. The van der Waals surface area contributed by atoms with Gasteiger partial charge in [0.1, 0.15) is 5.82 Å². The van der Waals surface area contributed by atoms with Gasteiger partial charge in [-0.05, 0) is 13.0 Å². The Morgan fingerprint density at radius 3 is 3.07 bits per heavy atom. The molecule has 0 aliphatic carbocycles. The van der Waals surface area contributed by atoms with E-state index in [1.165, 1.54) is 0 Å². The molecule has 2 aromatic heterocycles. The summed E-state index contributed by atoms with van der Waals surface area (Å²) in [6.07, 6.45) is 4.99.